The van der Waals surface area contributed by atoms with E-state index in [9.17, 15) is 0 Å². The molecule has 0 saturated carbocycles. The van der Waals surface area contributed by atoms with Gasteiger partial charge >= 0.3 is 56.4 Å². The number of rotatable bonds is 1. The fourth-order valence-corrected chi connectivity index (χ4v) is 2.05. The third-order valence-corrected chi connectivity index (χ3v) is 1.29. The van der Waals surface area contributed by atoms with Crippen LogP contribution in [0, 0.1) is 11.3 Å². The van der Waals surface area contributed by atoms with Crippen LogP contribution in [0.2, 0.25) is 0 Å². The summed E-state index contributed by atoms with van der Waals surface area (Å²) in [4.78, 5) is 0. The molecular weight excluding hydrogens is 393 g/mol. The summed E-state index contributed by atoms with van der Waals surface area (Å²) >= 11 is 1.59. The Kier molecular flexibility index (Phi) is 17.2. The molecule has 1 radical (unpaired) electrons. The first-order valence-corrected chi connectivity index (χ1v) is 5.69. The van der Waals surface area contributed by atoms with E-state index < -0.39 is 0 Å². The van der Waals surface area contributed by atoms with Crippen molar-refractivity contribution >= 4 is 4.40 Å². The van der Waals surface area contributed by atoms with Crippen LogP contribution >= 0.6 is 0 Å². The van der Waals surface area contributed by atoms with Gasteiger partial charge in [0.15, 0.2) is 0 Å². The maximum Gasteiger partial charge on any atom is 0 e. The van der Waals surface area contributed by atoms with E-state index in [1.165, 1.54) is 12.3 Å². The first-order chi connectivity index (χ1) is 4.79. The van der Waals surface area contributed by atoms with Crippen molar-refractivity contribution < 1.29 is 52.1 Å². The number of hydrogen-bond donors (Lipinski definition) is 0. The molecule has 0 aliphatic heterocycles. The molecule has 0 aliphatic carbocycles. The molecule has 0 rings (SSSR count). The normalized spacial score (nSPS) is 9.58. The van der Waals surface area contributed by atoms with Crippen LogP contribution in [0.3, 0.4) is 0 Å². The van der Waals surface area contributed by atoms with E-state index in [2.05, 4.69) is 45.9 Å². The minimum absolute atomic E-state index is 0. The molecule has 0 heterocycles. The van der Waals surface area contributed by atoms with E-state index >= 15 is 0 Å². The van der Waals surface area contributed by atoms with Crippen molar-refractivity contribution in [1.82, 2.24) is 0 Å². The van der Waals surface area contributed by atoms with Gasteiger partial charge in [-0.15, -0.1) is 0 Å². The predicted octanol–water partition coefficient (Wildman–Crippen LogP) is 3.39. The Hall–Kier alpha value is 1.66. The van der Waals surface area contributed by atoms with E-state index in [0.29, 0.717) is 5.41 Å². The van der Waals surface area contributed by atoms with E-state index in [4.69, 9.17) is 0 Å². The van der Waals surface area contributed by atoms with Crippen LogP contribution in [0.15, 0.2) is 0 Å². The zero-order chi connectivity index (χ0) is 9.49. The zero-order valence-corrected chi connectivity index (χ0v) is 15.0. The van der Waals surface area contributed by atoms with Crippen molar-refractivity contribution in [1.29, 1.82) is 0 Å². The molecule has 2 heteroatoms. The van der Waals surface area contributed by atoms with E-state index in [1.807, 2.05) is 0 Å². The fourth-order valence-electron chi connectivity index (χ4n) is 0.250. The molecule has 71 valence electrons. The quantitative estimate of drug-likeness (QED) is 0.578. The van der Waals surface area contributed by atoms with Gasteiger partial charge in [-0.3, -0.25) is 0 Å². The second-order valence-corrected chi connectivity index (χ2v) is 5.63. The largest absolute Gasteiger partial charge is 0.323 e. The summed E-state index contributed by atoms with van der Waals surface area (Å²) in [5.74, 6) is 1.42. The maximum atomic E-state index is 2.29. The van der Waals surface area contributed by atoms with Gasteiger partial charge in [0.1, 0.15) is 0 Å². The zero-order valence-electron chi connectivity index (χ0n) is 9.27. The summed E-state index contributed by atoms with van der Waals surface area (Å²) in [5.41, 5.74) is 0.516. The first kappa shape index (κ1) is 19.3. The SMILES string of the molecule is CC(C)(C)C[CH]=[W].C[C-](C)C.[Y]. The minimum Gasteiger partial charge on any atom is -0.323 e. The second-order valence-electron chi connectivity index (χ2n) is 4.43. The van der Waals surface area contributed by atoms with Crippen LogP contribution in [-0.4, -0.2) is 4.40 Å². The smallest absolute Gasteiger partial charge is 0 e. The molecule has 0 aromatic heterocycles. The van der Waals surface area contributed by atoms with E-state index in [-0.39, 0.29) is 32.7 Å². The summed E-state index contributed by atoms with van der Waals surface area (Å²) in [7, 11) is 0. The maximum absolute atomic E-state index is 2.29. The molecule has 0 N–H and O–H groups in total. The Labute approximate surface area is 115 Å². The minimum atomic E-state index is 0. The molecule has 0 aliphatic rings. The summed E-state index contributed by atoms with van der Waals surface area (Å²) in [6.45, 7) is 13.0. The molecule has 12 heavy (non-hydrogen) atoms. The molecule has 0 spiro atoms. The fraction of sp³-hybridized carbons (Fsp3) is 0.800. The molecule has 0 atom stereocenters. The van der Waals surface area contributed by atoms with Gasteiger partial charge < -0.3 is 5.92 Å². The van der Waals surface area contributed by atoms with Crippen LogP contribution in [-0.2, 0) is 52.1 Å². The molecule has 0 aromatic rings. The van der Waals surface area contributed by atoms with Gasteiger partial charge in [-0.05, 0) is 0 Å². The monoisotopic (exact) mass is 414 g/mol. The van der Waals surface area contributed by atoms with Crippen molar-refractivity contribution in [2.75, 3.05) is 0 Å². The molecule has 0 aromatic carbocycles. The average Bonchev–Trinajstić information content (AvgIpc) is 1.58. The molecule has 0 nitrogen and oxygen atoms in total. The standard InChI is InChI=1S/C6H12.C4H9.W.Y/c1-5-6(2,3)4;1-4(2)3;;/h1H,5H2,2-4H3;1-3H3;;/q;-1;;. The average molecular weight is 414 g/mol. The van der Waals surface area contributed by atoms with Crippen molar-refractivity contribution in [2.45, 2.75) is 48.0 Å². The van der Waals surface area contributed by atoms with Gasteiger partial charge in [0.25, 0.3) is 0 Å². The van der Waals surface area contributed by atoms with Crippen LogP contribution in [0.4, 0.5) is 0 Å². The molecule has 0 saturated heterocycles. The number of hydrogen-bond acceptors (Lipinski definition) is 0. The van der Waals surface area contributed by atoms with Gasteiger partial charge in [0.05, 0.1) is 0 Å². The van der Waals surface area contributed by atoms with Crippen molar-refractivity contribution in [2.24, 2.45) is 5.41 Å². The summed E-state index contributed by atoms with van der Waals surface area (Å²) in [5, 5.41) is 0. The Morgan fingerprint density at radius 3 is 1.42 bits per heavy atom. The van der Waals surface area contributed by atoms with Crippen LogP contribution in [0.25, 0.3) is 0 Å². The molecule has 0 amide bonds. The Bertz CT molecular complexity index is 89.7. The summed E-state index contributed by atoms with van der Waals surface area (Å²) in [6, 6.07) is 0. The van der Waals surface area contributed by atoms with E-state index in [0.717, 1.165) is 0 Å². The Morgan fingerprint density at radius 1 is 1.17 bits per heavy atom. The molecule has 0 bridgehead atoms. The van der Waals surface area contributed by atoms with Crippen LogP contribution in [0.1, 0.15) is 48.0 Å². The summed E-state index contributed by atoms with van der Waals surface area (Å²) in [6.07, 6.45) is 1.25. The van der Waals surface area contributed by atoms with Gasteiger partial charge in [-0.2, -0.15) is 20.8 Å². The first-order valence-electron chi connectivity index (χ1n) is 4.00. The van der Waals surface area contributed by atoms with E-state index in [1.54, 1.807) is 19.4 Å². The van der Waals surface area contributed by atoms with Gasteiger partial charge in [-0.1, -0.05) is 0 Å². The topological polar surface area (TPSA) is 0 Å². The van der Waals surface area contributed by atoms with Gasteiger partial charge in [-0.25, -0.2) is 0 Å². The Balaban J connectivity index is -0.000000142. The van der Waals surface area contributed by atoms with Crippen LogP contribution in [0.5, 0.6) is 0 Å². The molecular formula is C10H21WY-. The molecule has 0 fully saturated rings. The summed E-state index contributed by atoms with van der Waals surface area (Å²) < 4.78 is 2.29. The molecule has 0 unspecified atom stereocenters. The van der Waals surface area contributed by atoms with Crippen LogP contribution < -0.4 is 0 Å². The van der Waals surface area contributed by atoms with Crippen molar-refractivity contribution in [3.63, 3.8) is 0 Å². The predicted molar refractivity (Wildman–Crippen MR) is 50.4 cm³/mol. The second kappa shape index (κ2) is 10.7. The van der Waals surface area contributed by atoms with Gasteiger partial charge in [0.2, 0.25) is 0 Å². The third-order valence-electron chi connectivity index (χ3n) is 0.696. The van der Waals surface area contributed by atoms with Gasteiger partial charge in [0, 0.05) is 32.7 Å². The van der Waals surface area contributed by atoms with Crippen molar-refractivity contribution in [3.8, 4) is 0 Å². The third kappa shape index (κ3) is 41.4. The Morgan fingerprint density at radius 2 is 1.42 bits per heavy atom. The van der Waals surface area contributed by atoms with Crippen molar-refractivity contribution in [3.05, 3.63) is 5.92 Å².